The molecule has 0 spiro atoms. The van der Waals surface area contributed by atoms with Gasteiger partial charge in [0.25, 0.3) is 0 Å². The van der Waals surface area contributed by atoms with E-state index < -0.39 is 0 Å². The third kappa shape index (κ3) is 4.47. The smallest absolute Gasteiger partial charge is 0.0810 e. The molecule has 2 atom stereocenters. The van der Waals surface area contributed by atoms with E-state index in [0.29, 0.717) is 5.92 Å². The molecular formula is C15H25NO. The Bertz CT molecular complexity index is 324. The molecule has 2 heteroatoms. The number of hydrogen-bond donors (Lipinski definition) is 1. The summed E-state index contributed by atoms with van der Waals surface area (Å²) < 4.78 is 0. The molecule has 17 heavy (non-hydrogen) atoms. The van der Waals surface area contributed by atoms with Crippen LogP contribution in [0, 0.1) is 12.8 Å². The normalized spacial score (nSPS) is 14.6. The largest absolute Gasteiger partial charge is 0.388 e. The second kappa shape index (κ2) is 7.44. The molecule has 1 rings (SSSR count). The number of aryl methyl sites for hydroxylation is 1. The molecule has 0 saturated carbocycles. The Morgan fingerprint density at radius 2 is 2.12 bits per heavy atom. The topological polar surface area (TPSA) is 33.1 Å². The molecule has 0 aliphatic rings. The maximum absolute atomic E-state index is 10.3. The fraction of sp³-hybridized carbons (Fsp3) is 0.667. The molecule has 0 aromatic carbocycles. The van der Waals surface area contributed by atoms with E-state index in [2.05, 4.69) is 18.8 Å². The fourth-order valence-corrected chi connectivity index (χ4v) is 2.25. The molecule has 1 aromatic heterocycles. The van der Waals surface area contributed by atoms with Gasteiger partial charge in [-0.05, 0) is 30.9 Å². The molecule has 1 heterocycles. The molecule has 96 valence electrons. The molecule has 0 fully saturated rings. The van der Waals surface area contributed by atoms with Crippen molar-refractivity contribution in [1.29, 1.82) is 0 Å². The molecule has 1 N–H and O–H groups in total. The van der Waals surface area contributed by atoms with Crippen LogP contribution in [0.3, 0.4) is 0 Å². The van der Waals surface area contributed by atoms with E-state index in [1.54, 1.807) is 12.4 Å². The van der Waals surface area contributed by atoms with Crippen LogP contribution in [0.5, 0.6) is 0 Å². The first kappa shape index (κ1) is 14.2. The van der Waals surface area contributed by atoms with Crippen LogP contribution in [-0.2, 0) is 0 Å². The summed E-state index contributed by atoms with van der Waals surface area (Å²) in [6, 6.07) is 1.96. The number of aromatic nitrogens is 1. The van der Waals surface area contributed by atoms with Crippen molar-refractivity contribution in [3.8, 4) is 0 Å². The predicted octanol–water partition coefficient (Wildman–Crippen LogP) is 4.03. The van der Waals surface area contributed by atoms with Crippen molar-refractivity contribution in [2.45, 2.75) is 59.0 Å². The van der Waals surface area contributed by atoms with Crippen LogP contribution in [0.1, 0.15) is 63.2 Å². The van der Waals surface area contributed by atoms with Gasteiger partial charge in [0.15, 0.2) is 0 Å². The molecule has 1 aromatic rings. The van der Waals surface area contributed by atoms with Gasteiger partial charge < -0.3 is 5.11 Å². The quantitative estimate of drug-likeness (QED) is 0.774. The van der Waals surface area contributed by atoms with E-state index in [0.717, 1.165) is 24.0 Å². The summed E-state index contributed by atoms with van der Waals surface area (Å²) in [6.07, 6.45) is 8.95. The van der Waals surface area contributed by atoms with Gasteiger partial charge in [0, 0.05) is 18.0 Å². The first-order valence-corrected chi connectivity index (χ1v) is 6.77. The number of nitrogens with zero attached hydrogens (tertiary/aromatic N) is 1. The summed E-state index contributed by atoms with van der Waals surface area (Å²) in [5.41, 5.74) is 2.13. The van der Waals surface area contributed by atoms with E-state index in [1.807, 2.05) is 13.0 Å². The van der Waals surface area contributed by atoms with Gasteiger partial charge in [-0.15, -0.1) is 0 Å². The van der Waals surface area contributed by atoms with Crippen molar-refractivity contribution in [2.75, 3.05) is 0 Å². The van der Waals surface area contributed by atoms with E-state index in [4.69, 9.17) is 0 Å². The maximum Gasteiger partial charge on any atom is 0.0810 e. The lowest BCUT2D eigenvalue weighted by molar-refractivity contribution is 0.138. The second-order valence-corrected chi connectivity index (χ2v) is 4.90. The summed E-state index contributed by atoms with van der Waals surface area (Å²) in [4.78, 5) is 4.10. The van der Waals surface area contributed by atoms with Gasteiger partial charge in [0.2, 0.25) is 0 Å². The van der Waals surface area contributed by atoms with Crippen molar-refractivity contribution < 1.29 is 5.11 Å². The van der Waals surface area contributed by atoms with Crippen molar-refractivity contribution in [3.63, 3.8) is 0 Å². The Hall–Kier alpha value is -0.890. The van der Waals surface area contributed by atoms with E-state index in [-0.39, 0.29) is 6.10 Å². The zero-order chi connectivity index (χ0) is 12.7. The minimum absolute atomic E-state index is 0.356. The monoisotopic (exact) mass is 235 g/mol. The first-order valence-electron chi connectivity index (χ1n) is 6.77. The molecule has 0 bridgehead atoms. The molecule has 0 aliphatic carbocycles. The van der Waals surface area contributed by atoms with E-state index >= 15 is 0 Å². The van der Waals surface area contributed by atoms with Crippen LogP contribution in [0.4, 0.5) is 0 Å². The zero-order valence-corrected chi connectivity index (χ0v) is 11.3. The average molecular weight is 235 g/mol. The van der Waals surface area contributed by atoms with E-state index in [9.17, 15) is 5.11 Å². The third-order valence-electron chi connectivity index (χ3n) is 3.54. The second-order valence-electron chi connectivity index (χ2n) is 4.90. The van der Waals surface area contributed by atoms with Crippen LogP contribution in [0.25, 0.3) is 0 Å². The van der Waals surface area contributed by atoms with Crippen molar-refractivity contribution in [3.05, 3.63) is 29.6 Å². The highest BCUT2D eigenvalue weighted by molar-refractivity contribution is 5.23. The Morgan fingerprint density at radius 3 is 2.71 bits per heavy atom. The predicted molar refractivity (Wildman–Crippen MR) is 71.9 cm³/mol. The summed E-state index contributed by atoms with van der Waals surface area (Å²) in [5, 5.41) is 10.3. The number of aliphatic hydroxyl groups excluding tert-OH is 1. The summed E-state index contributed by atoms with van der Waals surface area (Å²) >= 11 is 0. The number of aliphatic hydroxyl groups is 1. The number of pyridine rings is 1. The Labute approximate surface area is 105 Å². The van der Waals surface area contributed by atoms with Crippen LogP contribution >= 0.6 is 0 Å². The molecule has 0 aliphatic heterocycles. The van der Waals surface area contributed by atoms with E-state index in [1.165, 1.54) is 19.3 Å². The molecule has 2 nitrogen and oxygen atoms in total. The van der Waals surface area contributed by atoms with Crippen molar-refractivity contribution >= 4 is 0 Å². The Kier molecular flexibility index (Phi) is 6.20. The highest BCUT2D eigenvalue weighted by Crippen LogP contribution is 2.27. The van der Waals surface area contributed by atoms with Gasteiger partial charge in [-0.2, -0.15) is 0 Å². The minimum atomic E-state index is -0.356. The van der Waals surface area contributed by atoms with Crippen molar-refractivity contribution in [1.82, 2.24) is 4.98 Å². The summed E-state index contributed by atoms with van der Waals surface area (Å²) in [7, 11) is 0. The zero-order valence-electron chi connectivity index (χ0n) is 11.3. The lowest BCUT2D eigenvalue weighted by atomic mass is 9.90. The van der Waals surface area contributed by atoms with Crippen LogP contribution in [-0.4, -0.2) is 10.1 Å². The van der Waals surface area contributed by atoms with Gasteiger partial charge in [-0.3, -0.25) is 4.98 Å². The third-order valence-corrected chi connectivity index (χ3v) is 3.54. The lowest BCUT2D eigenvalue weighted by Crippen LogP contribution is -2.08. The average Bonchev–Trinajstić information content (AvgIpc) is 2.34. The molecule has 0 saturated heterocycles. The molecule has 0 radical (unpaired) electrons. The van der Waals surface area contributed by atoms with Gasteiger partial charge in [0.05, 0.1) is 6.10 Å². The Balaban J connectivity index is 2.58. The van der Waals surface area contributed by atoms with Crippen LogP contribution in [0.2, 0.25) is 0 Å². The minimum Gasteiger partial charge on any atom is -0.388 e. The lowest BCUT2D eigenvalue weighted by Gasteiger charge is -2.20. The summed E-state index contributed by atoms with van der Waals surface area (Å²) in [6.45, 7) is 6.46. The maximum atomic E-state index is 10.3. The highest BCUT2D eigenvalue weighted by Gasteiger charge is 2.16. The van der Waals surface area contributed by atoms with Crippen molar-refractivity contribution in [2.24, 2.45) is 5.92 Å². The fourth-order valence-electron chi connectivity index (χ4n) is 2.25. The van der Waals surface area contributed by atoms with Crippen LogP contribution < -0.4 is 0 Å². The van der Waals surface area contributed by atoms with Crippen LogP contribution in [0.15, 0.2) is 18.5 Å². The highest BCUT2D eigenvalue weighted by atomic mass is 16.3. The molecule has 2 unspecified atom stereocenters. The first-order chi connectivity index (χ1) is 8.19. The number of rotatable bonds is 7. The number of hydrogen-bond acceptors (Lipinski definition) is 2. The van der Waals surface area contributed by atoms with Gasteiger partial charge in [0.1, 0.15) is 0 Å². The Morgan fingerprint density at radius 1 is 1.35 bits per heavy atom. The van der Waals surface area contributed by atoms with Gasteiger partial charge >= 0.3 is 0 Å². The summed E-state index contributed by atoms with van der Waals surface area (Å²) in [5.74, 6) is 0.629. The van der Waals surface area contributed by atoms with Gasteiger partial charge in [-0.25, -0.2) is 0 Å². The standard InChI is InChI=1S/C15H25NO/c1-4-6-7-13(5-2)10-15(17)14-11-16-9-8-12(14)3/h8-9,11,13,15,17H,4-7,10H2,1-3H3. The SMILES string of the molecule is CCCCC(CC)CC(O)c1cnccc1C. The van der Waals surface area contributed by atoms with Gasteiger partial charge in [-0.1, -0.05) is 39.5 Å². The number of unbranched alkanes of at least 4 members (excludes halogenated alkanes) is 1. The molecule has 0 amide bonds. The molecular weight excluding hydrogens is 210 g/mol.